The van der Waals surface area contributed by atoms with Crippen LogP contribution in [0.25, 0.3) is 11.1 Å². The van der Waals surface area contributed by atoms with Gasteiger partial charge in [0.05, 0.1) is 19.9 Å². The minimum atomic E-state index is -0.351. The largest absolute Gasteiger partial charge is 0.493 e. The average Bonchev–Trinajstić information content (AvgIpc) is 3.12. The molecule has 0 bridgehead atoms. The molecule has 0 unspecified atom stereocenters. The van der Waals surface area contributed by atoms with Crippen LogP contribution in [-0.2, 0) is 4.79 Å². The Hall–Kier alpha value is -3.25. The Balaban J connectivity index is 1.73. The number of nitrogens with one attached hydrogen (secondary N) is 1. The summed E-state index contributed by atoms with van der Waals surface area (Å²) < 4.78 is 12.9. The number of ether oxygens (including phenoxy) is 2. The average molecular weight is 464 g/mol. The molecule has 1 aliphatic heterocycles. The van der Waals surface area contributed by atoms with Gasteiger partial charge >= 0.3 is 0 Å². The Labute approximate surface area is 198 Å². The van der Waals surface area contributed by atoms with Gasteiger partial charge in [0.15, 0.2) is 17.3 Å². The summed E-state index contributed by atoms with van der Waals surface area (Å²) in [5.74, 6) is 2.59. The van der Waals surface area contributed by atoms with Gasteiger partial charge < -0.3 is 14.8 Å². The number of halogens is 1. The lowest BCUT2D eigenvalue weighted by Gasteiger charge is -2.35. The van der Waals surface area contributed by atoms with Gasteiger partial charge in [0.1, 0.15) is 11.9 Å². The van der Waals surface area contributed by atoms with E-state index in [2.05, 4.69) is 12.2 Å². The molecule has 2 atom stereocenters. The number of fused-ring (bicyclic) bond motifs is 1. The Morgan fingerprint density at radius 3 is 2.48 bits per heavy atom. The third-order valence-electron chi connectivity index (χ3n) is 6.44. The number of carbonyl (C=O) groups excluding carboxylic acids is 1. The van der Waals surface area contributed by atoms with Crippen LogP contribution in [0.5, 0.6) is 11.5 Å². The van der Waals surface area contributed by atoms with Crippen molar-refractivity contribution in [3.63, 3.8) is 0 Å². The molecule has 2 aliphatic rings. The fourth-order valence-electron chi connectivity index (χ4n) is 4.97. The zero-order valence-electron chi connectivity index (χ0n) is 19.1. The molecule has 2 aromatic carbocycles. The van der Waals surface area contributed by atoms with Crippen molar-refractivity contribution in [2.75, 3.05) is 19.5 Å². The van der Waals surface area contributed by atoms with Crippen molar-refractivity contribution in [2.24, 2.45) is 5.92 Å². The third kappa shape index (κ3) is 3.59. The SMILES string of the molecule is COc1ccc([C@@H]2C3=C(C[C@@H](C)CC3=O)Nc3c(-c4ccc(Cl)cc4)c(C)nn32)cc1OC. The van der Waals surface area contributed by atoms with E-state index in [-0.39, 0.29) is 17.7 Å². The molecule has 7 heteroatoms. The smallest absolute Gasteiger partial charge is 0.163 e. The summed E-state index contributed by atoms with van der Waals surface area (Å²) in [6, 6.07) is 13.2. The Bertz CT molecular complexity index is 1280. The first kappa shape index (κ1) is 21.6. The van der Waals surface area contributed by atoms with E-state index in [0.717, 1.165) is 45.9 Å². The molecule has 33 heavy (non-hydrogen) atoms. The summed E-state index contributed by atoms with van der Waals surface area (Å²) in [5.41, 5.74) is 5.59. The summed E-state index contributed by atoms with van der Waals surface area (Å²) in [6.45, 7) is 4.11. The van der Waals surface area contributed by atoms with Crippen molar-refractivity contribution in [3.05, 3.63) is 70.0 Å². The molecule has 3 aromatic rings. The van der Waals surface area contributed by atoms with E-state index in [1.54, 1.807) is 14.2 Å². The van der Waals surface area contributed by atoms with E-state index in [1.807, 2.05) is 54.1 Å². The molecule has 1 aromatic heterocycles. The highest BCUT2D eigenvalue weighted by atomic mass is 35.5. The lowest BCUT2D eigenvalue weighted by molar-refractivity contribution is -0.117. The van der Waals surface area contributed by atoms with Crippen LogP contribution >= 0.6 is 11.6 Å². The van der Waals surface area contributed by atoms with Crippen molar-refractivity contribution in [1.82, 2.24) is 9.78 Å². The summed E-state index contributed by atoms with van der Waals surface area (Å²) in [4.78, 5) is 13.3. The van der Waals surface area contributed by atoms with Crippen LogP contribution in [0, 0.1) is 12.8 Å². The molecular weight excluding hydrogens is 438 g/mol. The summed E-state index contributed by atoms with van der Waals surface area (Å²) >= 11 is 6.13. The third-order valence-corrected chi connectivity index (χ3v) is 6.69. The molecule has 0 amide bonds. The maximum absolute atomic E-state index is 13.3. The number of Topliss-reactive ketones (excluding diaryl/α,β-unsaturated/α-hetero) is 1. The number of rotatable bonds is 4. The normalized spacial score (nSPS) is 19.6. The molecule has 2 heterocycles. The first-order chi connectivity index (χ1) is 15.9. The minimum absolute atomic E-state index is 0.155. The maximum Gasteiger partial charge on any atom is 0.163 e. The highest BCUT2D eigenvalue weighted by Crippen LogP contribution is 2.47. The first-order valence-electron chi connectivity index (χ1n) is 11.0. The number of aryl methyl sites for hydroxylation is 1. The number of hydrogen-bond donors (Lipinski definition) is 1. The van der Waals surface area contributed by atoms with E-state index >= 15 is 0 Å². The van der Waals surface area contributed by atoms with Crippen LogP contribution in [-0.4, -0.2) is 29.8 Å². The molecule has 0 saturated heterocycles. The van der Waals surface area contributed by atoms with Crippen LogP contribution in [0.15, 0.2) is 53.7 Å². The minimum Gasteiger partial charge on any atom is -0.493 e. The van der Waals surface area contributed by atoms with E-state index < -0.39 is 0 Å². The first-order valence-corrected chi connectivity index (χ1v) is 11.4. The van der Waals surface area contributed by atoms with Gasteiger partial charge in [-0.15, -0.1) is 0 Å². The van der Waals surface area contributed by atoms with E-state index in [1.165, 1.54) is 0 Å². The molecule has 0 saturated carbocycles. The quantitative estimate of drug-likeness (QED) is 0.530. The highest BCUT2D eigenvalue weighted by Gasteiger charge is 2.39. The standard InChI is InChI=1S/C26H26ClN3O3/c1-14-11-19-24(20(31)12-14)25(17-7-10-21(32-3)22(13-17)33-4)30-26(28-19)23(15(2)29-30)16-5-8-18(27)9-6-16/h5-10,13-14,25,28H,11-12H2,1-4H3/t14-,25-/m1/s1. The van der Waals surface area contributed by atoms with Gasteiger partial charge in [-0.3, -0.25) is 4.79 Å². The predicted molar refractivity (Wildman–Crippen MR) is 129 cm³/mol. The number of allylic oxidation sites excluding steroid dienone is 2. The number of methoxy groups -OCH3 is 2. The lowest BCUT2D eigenvalue weighted by Crippen LogP contribution is -2.33. The Morgan fingerprint density at radius 2 is 1.79 bits per heavy atom. The van der Waals surface area contributed by atoms with E-state index in [0.29, 0.717) is 22.9 Å². The number of ketones is 1. The number of hydrogen-bond acceptors (Lipinski definition) is 5. The van der Waals surface area contributed by atoms with Crippen LogP contribution < -0.4 is 14.8 Å². The number of anilines is 1. The molecule has 6 nitrogen and oxygen atoms in total. The fraction of sp³-hybridized carbons (Fsp3) is 0.308. The molecule has 170 valence electrons. The van der Waals surface area contributed by atoms with E-state index in [9.17, 15) is 4.79 Å². The van der Waals surface area contributed by atoms with Crippen molar-refractivity contribution >= 4 is 23.2 Å². The second kappa shape index (κ2) is 8.27. The predicted octanol–water partition coefficient (Wildman–Crippen LogP) is 5.80. The van der Waals surface area contributed by atoms with Gasteiger partial charge in [-0.1, -0.05) is 36.7 Å². The van der Waals surface area contributed by atoms with Gasteiger partial charge in [0.2, 0.25) is 0 Å². The second-order valence-corrected chi connectivity index (χ2v) is 9.17. The van der Waals surface area contributed by atoms with Gasteiger partial charge in [-0.2, -0.15) is 5.10 Å². The number of benzene rings is 2. The lowest BCUT2D eigenvalue weighted by atomic mass is 9.81. The number of nitrogens with zero attached hydrogens (tertiary/aromatic N) is 2. The molecule has 0 fully saturated rings. The number of carbonyl (C=O) groups is 1. The zero-order chi connectivity index (χ0) is 23.3. The molecule has 0 spiro atoms. The summed E-state index contributed by atoms with van der Waals surface area (Å²) in [5, 5.41) is 9.18. The molecule has 1 N–H and O–H groups in total. The van der Waals surface area contributed by atoms with Crippen molar-refractivity contribution in [3.8, 4) is 22.6 Å². The van der Waals surface area contributed by atoms with Crippen molar-refractivity contribution < 1.29 is 14.3 Å². The van der Waals surface area contributed by atoms with Gasteiger partial charge in [-0.25, -0.2) is 4.68 Å². The van der Waals surface area contributed by atoms with Gasteiger partial charge in [0, 0.05) is 28.3 Å². The van der Waals surface area contributed by atoms with Gasteiger partial charge in [-0.05, 0) is 54.7 Å². The van der Waals surface area contributed by atoms with Crippen LogP contribution in [0.3, 0.4) is 0 Å². The van der Waals surface area contributed by atoms with Crippen molar-refractivity contribution in [1.29, 1.82) is 0 Å². The summed E-state index contributed by atoms with van der Waals surface area (Å²) in [7, 11) is 3.23. The fourth-order valence-corrected chi connectivity index (χ4v) is 5.10. The monoisotopic (exact) mass is 463 g/mol. The maximum atomic E-state index is 13.3. The molecule has 0 radical (unpaired) electrons. The highest BCUT2D eigenvalue weighted by molar-refractivity contribution is 6.30. The number of aromatic nitrogens is 2. The summed E-state index contributed by atoms with van der Waals surface area (Å²) in [6.07, 6.45) is 1.35. The Kier molecular flexibility index (Phi) is 5.41. The molecule has 1 aliphatic carbocycles. The van der Waals surface area contributed by atoms with E-state index in [4.69, 9.17) is 26.2 Å². The van der Waals surface area contributed by atoms with Crippen LogP contribution in [0.4, 0.5) is 5.82 Å². The Morgan fingerprint density at radius 1 is 1.06 bits per heavy atom. The second-order valence-electron chi connectivity index (χ2n) is 8.73. The van der Waals surface area contributed by atoms with Crippen LogP contribution in [0.2, 0.25) is 5.02 Å². The van der Waals surface area contributed by atoms with Crippen molar-refractivity contribution in [2.45, 2.75) is 32.7 Å². The van der Waals surface area contributed by atoms with Gasteiger partial charge in [0.25, 0.3) is 0 Å². The topological polar surface area (TPSA) is 65.4 Å². The zero-order valence-corrected chi connectivity index (χ0v) is 19.9. The molecule has 5 rings (SSSR count). The molecular formula is C26H26ClN3O3. The van der Waals surface area contributed by atoms with Crippen LogP contribution in [0.1, 0.15) is 37.1 Å².